The highest BCUT2D eigenvalue weighted by molar-refractivity contribution is 5.53. The first-order valence-electron chi connectivity index (χ1n) is 7.37. The largest absolute Gasteiger partial charge is 0.569 e. The molecule has 1 aliphatic heterocycles. The van der Waals surface area contributed by atoms with Gasteiger partial charge < -0.3 is 5.21 Å². The maximum Gasteiger partial charge on any atom is 0.321 e. The van der Waals surface area contributed by atoms with Gasteiger partial charge in [-0.3, -0.25) is 25.1 Å². The van der Waals surface area contributed by atoms with E-state index < -0.39 is 21.2 Å². The Hall–Kier alpha value is -2.98. The number of piperidine rings is 1. The Balaban J connectivity index is 2.24. The van der Waals surface area contributed by atoms with Gasteiger partial charge in [0.05, 0.1) is 33.0 Å². The van der Waals surface area contributed by atoms with Crippen LogP contribution in [0.2, 0.25) is 0 Å². The van der Waals surface area contributed by atoms with Crippen molar-refractivity contribution in [1.82, 2.24) is 5.01 Å². The number of hydrogen-bond donors (Lipinski definition) is 0. The second-order valence-corrected chi connectivity index (χ2v) is 5.60. The van der Waals surface area contributed by atoms with Gasteiger partial charge in [-0.25, -0.2) is 0 Å². The zero-order valence-electron chi connectivity index (χ0n) is 13.2. The summed E-state index contributed by atoms with van der Waals surface area (Å²) < 4.78 is 0. The lowest BCUT2D eigenvalue weighted by molar-refractivity contribution is -0.723. The molecular formula is C13H17N5O6. The number of rotatable bonds is 5. The van der Waals surface area contributed by atoms with E-state index in [1.54, 1.807) is 0 Å². The van der Waals surface area contributed by atoms with Gasteiger partial charge >= 0.3 is 5.69 Å². The lowest BCUT2D eigenvalue weighted by Crippen LogP contribution is -2.47. The highest BCUT2D eigenvalue weighted by Crippen LogP contribution is 2.31. The van der Waals surface area contributed by atoms with Crippen molar-refractivity contribution in [1.29, 1.82) is 0 Å². The van der Waals surface area contributed by atoms with Crippen LogP contribution in [-0.2, 0) is 0 Å². The lowest BCUT2D eigenvalue weighted by Gasteiger charge is -2.33. The van der Waals surface area contributed by atoms with Crippen molar-refractivity contribution < 1.29 is 19.7 Å². The second kappa shape index (κ2) is 7.06. The smallest absolute Gasteiger partial charge is 0.321 e. The normalized spacial score (nSPS) is 21.4. The van der Waals surface area contributed by atoms with E-state index in [9.17, 15) is 25.4 Å². The Kier molecular flexibility index (Phi) is 5.11. The Morgan fingerprint density at radius 2 is 1.75 bits per heavy atom. The molecule has 2 unspecified atom stereocenters. The molecule has 1 heterocycles. The molecule has 11 heteroatoms. The predicted molar refractivity (Wildman–Crippen MR) is 81.0 cm³/mol. The molecule has 0 aliphatic carbocycles. The Morgan fingerprint density at radius 1 is 1.12 bits per heavy atom. The summed E-state index contributed by atoms with van der Waals surface area (Å²) in [5.41, 5.74) is -1.09. The van der Waals surface area contributed by atoms with Crippen molar-refractivity contribution in [2.75, 3.05) is 0 Å². The van der Waals surface area contributed by atoms with E-state index in [1.807, 2.05) is 13.8 Å². The molecule has 0 saturated carbocycles. The van der Waals surface area contributed by atoms with Crippen LogP contribution in [-0.4, -0.2) is 31.9 Å². The van der Waals surface area contributed by atoms with Crippen molar-refractivity contribution >= 4 is 11.4 Å². The monoisotopic (exact) mass is 339 g/mol. The molecule has 130 valence electrons. The number of benzene rings is 1. The van der Waals surface area contributed by atoms with Crippen LogP contribution in [0.5, 0.6) is 5.75 Å². The first-order valence-corrected chi connectivity index (χ1v) is 7.37. The van der Waals surface area contributed by atoms with Gasteiger partial charge in [-0.15, -0.1) is 5.01 Å². The van der Waals surface area contributed by atoms with E-state index in [0.29, 0.717) is 0 Å². The molecule has 0 spiro atoms. The summed E-state index contributed by atoms with van der Waals surface area (Å²) in [6, 6.07) is 2.76. The zero-order chi connectivity index (χ0) is 17.9. The first-order chi connectivity index (χ1) is 11.3. The molecule has 0 bridgehead atoms. The third-order valence-corrected chi connectivity index (χ3v) is 3.90. The minimum absolute atomic E-state index is 0.0366. The van der Waals surface area contributed by atoms with Crippen molar-refractivity contribution in [3.05, 3.63) is 43.6 Å². The summed E-state index contributed by atoms with van der Waals surface area (Å²) in [5.74, 6) is -0.344. The van der Waals surface area contributed by atoms with Gasteiger partial charge in [0, 0.05) is 6.07 Å². The summed E-state index contributed by atoms with van der Waals surface area (Å²) in [6.07, 6.45) is 2.66. The topological polar surface area (TPSA) is 137 Å². The first kappa shape index (κ1) is 17.4. The molecule has 0 aromatic heterocycles. The van der Waals surface area contributed by atoms with Crippen molar-refractivity contribution in [3.63, 3.8) is 0 Å². The van der Waals surface area contributed by atoms with Crippen LogP contribution >= 0.6 is 0 Å². The van der Waals surface area contributed by atoms with Crippen LogP contribution in [0, 0.1) is 25.4 Å². The summed E-state index contributed by atoms with van der Waals surface area (Å²) in [5, 5.41) is 38.7. The Bertz CT molecular complexity index is 669. The lowest BCUT2D eigenvalue weighted by atomic mass is 10.00. The van der Waals surface area contributed by atoms with E-state index >= 15 is 0 Å². The molecule has 24 heavy (non-hydrogen) atoms. The number of hydrazine groups is 1. The van der Waals surface area contributed by atoms with E-state index in [0.717, 1.165) is 37.5 Å². The summed E-state index contributed by atoms with van der Waals surface area (Å²) >= 11 is 0. The molecule has 1 aromatic rings. The molecule has 1 saturated heterocycles. The minimum Gasteiger partial charge on any atom is -0.569 e. The van der Waals surface area contributed by atoms with E-state index in [4.69, 9.17) is 4.84 Å². The molecule has 1 aliphatic rings. The summed E-state index contributed by atoms with van der Waals surface area (Å²) in [6.45, 7) is 3.76. The fourth-order valence-electron chi connectivity index (χ4n) is 2.71. The quantitative estimate of drug-likeness (QED) is 0.348. The molecule has 1 aromatic carbocycles. The molecule has 2 rings (SSSR count). The number of non-ortho nitro benzene ring substituents is 1. The predicted octanol–water partition coefficient (Wildman–Crippen LogP) is 2.94. The minimum atomic E-state index is -0.834. The fraction of sp³-hybridized carbons (Fsp3) is 0.538. The van der Waals surface area contributed by atoms with Gasteiger partial charge in [0.1, 0.15) is 0 Å². The van der Waals surface area contributed by atoms with Crippen LogP contribution in [0.25, 0.3) is 0 Å². The number of nitro benzene ring substituents is 2. The highest BCUT2D eigenvalue weighted by atomic mass is 16.7. The highest BCUT2D eigenvalue weighted by Gasteiger charge is 2.31. The van der Waals surface area contributed by atoms with Crippen molar-refractivity contribution in [3.8, 4) is 5.75 Å². The van der Waals surface area contributed by atoms with Gasteiger partial charge in [0.15, 0.2) is 0 Å². The van der Waals surface area contributed by atoms with Gasteiger partial charge in [-0.05, 0) is 39.2 Å². The summed E-state index contributed by atoms with van der Waals surface area (Å²) in [7, 11) is 0. The molecule has 0 N–H and O–H groups in total. The average molecular weight is 339 g/mol. The Morgan fingerprint density at radius 3 is 2.29 bits per heavy atom. The molecule has 1 fully saturated rings. The average Bonchev–Trinajstić information content (AvgIpc) is 2.52. The maximum absolute atomic E-state index is 12.1. The number of hydrogen-bond acceptors (Lipinski definition) is 7. The van der Waals surface area contributed by atoms with Crippen molar-refractivity contribution in [2.24, 2.45) is 5.28 Å². The third kappa shape index (κ3) is 3.67. The van der Waals surface area contributed by atoms with Crippen LogP contribution in [0.3, 0.4) is 0 Å². The fourth-order valence-corrected chi connectivity index (χ4v) is 2.71. The SMILES string of the molecule is CC1CCCC(C)N1/[N+]([O-])=N/Oc1ccc([N+](=O)[O-])cc1[N+](=O)[O-]. The van der Waals surface area contributed by atoms with Crippen LogP contribution < -0.4 is 4.84 Å². The second-order valence-electron chi connectivity index (χ2n) is 5.60. The molecule has 11 nitrogen and oxygen atoms in total. The van der Waals surface area contributed by atoms with Gasteiger partial charge in [0.2, 0.25) is 11.0 Å². The van der Waals surface area contributed by atoms with E-state index in [-0.39, 0.29) is 22.8 Å². The molecule has 0 radical (unpaired) electrons. The van der Waals surface area contributed by atoms with E-state index in [1.165, 1.54) is 5.01 Å². The molecule has 0 amide bonds. The molecular weight excluding hydrogens is 322 g/mol. The molecule has 2 atom stereocenters. The van der Waals surface area contributed by atoms with Crippen LogP contribution in [0.4, 0.5) is 11.4 Å². The zero-order valence-corrected chi connectivity index (χ0v) is 13.2. The number of nitro groups is 2. The standard InChI is InChI=1S/C13H17N5O6/c1-9-4-3-5-10(2)15(9)18(23)14-24-13-7-6-11(16(19)20)8-12(13)17(21)22/h6-10H,3-5H2,1-2H3/b18-14-. The number of nitrogens with zero attached hydrogens (tertiary/aromatic N) is 5. The van der Waals surface area contributed by atoms with Gasteiger partial charge in [0.25, 0.3) is 5.69 Å². The Labute approximate surface area is 136 Å². The summed E-state index contributed by atoms with van der Waals surface area (Å²) in [4.78, 5) is 25.3. The van der Waals surface area contributed by atoms with Crippen LogP contribution in [0.15, 0.2) is 23.5 Å². The van der Waals surface area contributed by atoms with Crippen molar-refractivity contribution in [2.45, 2.75) is 45.2 Å². The van der Waals surface area contributed by atoms with E-state index in [2.05, 4.69) is 5.28 Å². The van der Waals surface area contributed by atoms with Crippen LogP contribution in [0.1, 0.15) is 33.1 Å². The van der Waals surface area contributed by atoms with Gasteiger partial charge in [-0.1, -0.05) is 0 Å². The maximum atomic E-state index is 12.1. The van der Waals surface area contributed by atoms with Gasteiger partial charge in [-0.2, -0.15) is 0 Å². The third-order valence-electron chi connectivity index (χ3n) is 3.90.